The van der Waals surface area contributed by atoms with Crippen LogP contribution in [0, 0.1) is 0 Å². The minimum Gasteiger partial charge on any atom is -0.208 e. The minimum atomic E-state index is 0.141. The lowest BCUT2D eigenvalue weighted by atomic mass is 10.2. The third-order valence-electron chi connectivity index (χ3n) is 2.46. The first-order valence-corrected chi connectivity index (χ1v) is 8.87. The molecule has 25 heavy (non-hydrogen) atoms. The number of nitrogens with zero attached hydrogens (tertiary/aromatic N) is 3. The Labute approximate surface area is 158 Å². The van der Waals surface area contributed by atoms with E-state index in [-0.39, 0.29) is 5.28 Å². The highest BCUT2D eigenvalue weighted by atomic mass is 35.5. The molecule has 0 aliphatic heterocycles. The van der Waals surface area contributed by atoms with Crippen LogP contribution in [0.5, 0.6) is 0 Å². The van der Waals surface area contributed by atoms with Crippen molar-refractivity contribution in [2.24, 2.45) is 0 Å². The lowest BCUT2D eigenvalue weighted by Crippen LogP contribution is -2.01. The van der Waals surface area contributed by atoms with Crippen LogP contribution in [0.3, 0.4) is 0 Å². The lowest BCUT2D eigenvalue weighted by Gasteiger charge is -2.05. The van der Waals surface area contributed by atoms with Crippen LogP contribution in [0.2, 0.25) is 5.28 Å². The molecule has 0 amide bonds. The number of hydrogen-bond donors (Lipinski definition) is 0. The van der Waals surface area contributed by atoms with Gasteiger partial charge in [0, 0.05) is 11.1 Å². The number of allylic oxidation sites excluding steroid dienone is 10. The van der Waals surface area contributed by atoms with E-state index in [1.807, 2.05) is 78.0 Å². The normalized spacial score (nSPS) is 11.5. The van der Waals surface area contributed by atoms with Gasteiger partial charge in [0.2, 0.25) is 5.28 Å². The van der Waals surface area contributed by atoms with E-state index in [1.54, 1.807) is 12.2 Å². The zero-order chi connectivity index (χ0) is 19.7. The minimum absolute atomic E-state index is 0.141. The molecule has 0 aliphatic carbocycles. The molecule has 3 nitrogen and oxygen atoms in total. The summed E-state index contributed by atoms with van der Waals surface area (Å²) in [6.07, 6.45) is 14.6. The third-order valence-corrected chi connectivity index (χ3v) is 2.63. The summed E-state index contributed by atoms with van der Waals surface area (Å²) in [7, 11) is 0. The van der Waals surface area contributed by atoms with Crippen LogP contribution in [-0.4, -0.2) is 15.0 Å². The molecule has 0 spiro atoms. The summed E-state index contributed by atoms with van der Waals surface area (Å²) in [5.74, 6) is 0.980. The van der Waals surface area contributed by atoms with Gasteiger partial charge in [-0.05, 0) is 25.4 Å². The second-order valence-electron chi connectivity index (χ2n) is 3.96. The highest BCUT2D eigenvalue weighted by Gasteiger charge is 2.09. The number of rotatable bonds is 6. The SMILES string of the molecule is C=C/C=C(\C=C/C)c1nc(Cl)nc(/C(C=C)=C/C=C\C)n1.CC.CC. The van der Waals surface area contributed by atoms with Crippen LogP contribution in [0.4, 0.5) is 0 Å². The first-order valence-electron chi connectivity index (χ1n) is 8.49. The van der Waals surface area contributed by atoms with Crippen molar-refractivity contribution in [2.45, 2.75) is 41.5 Å². The van der Waals surface area contributed by atoms with E-state index in [9.17, 15) is 0 Å². The van der Waals surface area contributed by atoms with Crippen LogP contribution in [-0.2, 0) is 0 Å². The monoisotopic (exact) mass is 359 g/mol. The molecule has 0 radical (unpaired) electrons. The van der Waals surface area contributed by atoms with Gasteiger partial charge in [-0.15, -0.1) is 0 Å². The number of hydrogen-bond acceptors (Lipinski definition) is 3. The molecule has 1 aromatic heterocycles. The Morgan fingerprint density at radius 2 is 1.40 bits per heavy atom. The quantitative estimate of drug-likeness (QED) is 0.520. The Hall–Kier alpha value is -2.26. The molecule has 1 heterocycles. The summed E-state index contributed by atoms with van der Waals surface area (Å²) in [6, 6.07) is 0. The van der Waals surface area contributed by atoms with Crippen molar-refractivity contribution >= 4 is 22.7 Å². The zero-order valence-electron chi connectivity index (χ0n) is 16.3. The van der Waals surface area contributed by atoms with Crippen molar-refractivity contribution in [3.05, 3.63) is 78.7 Å². The summed E-state index contributed by atoms with van der Waals surface area (Å²) in [6.45, 7) is 19.3. The fraction of sp³-hybridized carbons (Fsp3) is 0.286. The molecule has 136 valence electrons. The Morgan fingerprint density at radius 1 is 0.840 bits per heavy atom. The summed E-state index contributed by atoms with van der Waals surface area (Å²) >= 11 is 6.01. The van der Waals surface area contributed by atoms with Gasteiger partial charge in [-0.25, -0.2) is 4.98 Å². The summed E-state index contributed by atoms with van der Waals surface area (Å²) in [5.41, 5.74) is 1.59. The lowest BCUT2D eigenvalue weighted by molar-refractivity contribution is 0.994. The van der Waals surface area contributed by atoms with E-state index in [0.29, 0.717) is 11.6 Å². The van der Waals surface area contributed by atoms with Crippen molar-refractivity contribution in [3.8, 4) is 0 Å². The first kappa shape index (κ1) is 25.0. The van der Waals surface area contributed by atoms with Crippen LogP contribution in [0.15, 0.2) is 61.8 Å². The molecule has 0 N–H and O–H groups in total. The molecule has 0 aromatic carbocycles. The van der Waals surface area contributed by atoms with Gasteiger partial charge in [-0.3, -0.25) is 0 Å². The average molecular weight is 360 g/mol. The Balaban J connectivity index is 0. The maximum absolute atomic E-state index is 6.01. The van der Waals surface area contributed by atoms with Crippen molar-refractivity contribution in [3.63, 3.8) is 0 Å². The molecule has 4 heteroatoms. The van der Waals surface area contributed by atoms with Gasteiger partial charge < -0.3 is 0 Å². The van der Waals surface area contributed by atoms with Gasteiger partial charge in [-0.2, -0.15) is 9.97 Å². The van der Waals surface area contributed by atoms with Gasteiger partial charge in [0.05, 0.1) is 0 Å². The van der Waals surface area contributed by atoms with E-state index >= 15 is 0 Å². The summed E-state index contributed by atoms with van der Waals surface area (Å²) < 4.78 is 0. The molecule has 0 unspecified atom stereocenters. The molecule has 0 fully saturated rings. The zero-order valence-corrected chi connectivity index (χ0v) is 17.0. The molecule has 1 rings (SSSR count). The van der Waals surface area contributed by atoms with E-state index in [4.69, 9.17) is 11.6 Å². The van der Waals surface area contributed by atoms with Crippen molar-refractivity contribution in [1.29, 1.82) is 0 Å². The van der Waals surface area contributed by atoms with Gasteiger partial charge in [-0.1, -0.05) is 89.5 Å². The number of aromatic nitrogens is 3. The van der Waals surface area contributed by atoms with Crippen molar-refractivity contribution < 1.29 is 0 Å². The molecule has 0 saturated carbocycles. The number of halogens is 1. The molecule has 1 aromatic rings. The molecule has 0 atom stereocenters. The van der Waals surface area contributed by atoms with E-state index in [1.165, 1.54) is 0 Å². The van der Waals surface area contributed by atoms with Crippen molar-refractivity contribution in [2.75, 3.05) is 0 Å². The molecular formula is C21H30ClN3. The van der Waals surface area contributed by atoms with E-state index in [2.05, 4.69) is 28.1 Å². The summed E-state index contributed by atoms with van der Waals surface area (Å²) in [5, 5.41) is 0.141. The van der Waals surface area contributed by atoms with Gasteiger partial charge >= 0.3 is 0 Å². The fourth-order valence-corrected chi connectivity index (χ4v) is 1.71. The topological polar surface area (TPSA) is 38.7 Å². The standard InChI is InChI=1S/C17H18ClN3.2C2H6/c1-5-9-12-13(8-4)15-19-16(21-17(18)20-15)14(10-6-2)11-7-3;2*1-2/h5-12H,2,4H2,1,3H3;2*1-2H3/b9-5-,11-7-,13-12+,14-10+;;. The molecule has 0 bridgehead atoms. The summed E-state index contributed by atoms with van der Waals surface area (Å²) in [4.78, 5) is 12.8. The smallest absolute Gasteiger partial charge is 0.208 e. The average Bonchev–Trinajstić information content (AvgIpc) is 2.65. The Morgan fingerprint density at radius 3 is 1.84 bits per heavy atom. The van der Waals surface area contributed by atoms with E-state index in [0.717, 1.165) is 11.1 Å². The predicted octanol–water partition coefficient (Wildman–Crippen LogP) is 6.87. The second kappa shape index (κ2) is 16.6. The van der Waals surface area contributed by atoms with Crippen molar-refractivity contribution in [1.82, 2.24) is 15.0 Å². The van der Waals surface area contributed by atoms with Gasteiger partial charge in [0.15, 0.2) is 11.6 Å². The molecule has 0 saturated heterocycles. The predicted molar refractivity (Wildman–Crippen MR) is 114 cm³/mol. The Kier molecular flexibility index (Phi) is 16.6. The fourth-order valence-electron chi connectivity index (χ4n) is 1.55. The van der Waals surface area contributed by atoms with Crippen LogP contribution in [0.25, 0.3) is 11.1 Å². The maximum Gasteiger partial charge on any atom is 0.226 e. The van der Waals surface area contributed by atoms with Crippen LogP contribution >= 0.6 is 11.6 Å². The van der Waals surface area contributed by atoms with Crippen LogP contribution in [0.1, 0.15) is 53.2 Å². The van der Waals surface area contributed by atoms with Gasteiger partial charge in [0.25, 0.3) is 0 Å². The molecule has 0 aliphatic rings. The largest absolute Gasteiger partial charge is 0.226 e. The highest BCUT2D eigenvalue weighted by molar-refractivity contribution is 6.28. The molecular weight excluding hydrogens is 330 g/mol. The third kappa shape index (κ3) is 9.58. The first-order chi connectivity index (χ1) is 12.2. The second-order valence-corrected chi connectivity index (χ2v) is 4.30. The maximum atomic E-state index is 6.01. The van der Waals surface area contributed by atoms with Gasteiger partial charge in [0.1, 0.15) is 0 Å². The van der Waals surface area contributed by atoms with E-state index < -0.39 is 0 Å². The highest BCUT2D eigenvalue weighted by Crippen LogP contribution is 2.18. The Bertz CT molecular complexity index is 639. The van der Waals surface area contributed by atoms with Crippen LogP contribution < -0.4 is 0 Å².